The minimum atomic E-state index is -0.775. The molecule has 88 valence electrons. The molecule has 0 rings (SSSR count). The standard InChI is InChI=1S/C10H17IO4/c1-8(10(13)14)4-2-3-5-9(12)15-7-6-11/h8H,2-7H2,1H3,(H,13,14). The molecule has 0 aliphatic carbocycles. The minimum Gasteiger partial charge on any atom is -0.481 e. The van der Waals surface area contributed by atoms with E-state index in [1.54, 1.807) is 6.92 Å². The lowest BCUT2D eigenvalue weighted by molar-refractivity contribution is -0.143. The van der Waals surface area contributed by atoms with Crippen LogP contribution in [0.2, 0.25) is 0 Å². The largest absolute Gasteiger partial charge is 0.481 e. The average molecular weight is 328 g/mol. The van der Waals surface area contributed by atoms with Gasteiger partial charge in [0.05, 0.1) is 5.92 Å². The molecule has 5 heteroatoms. The second-order valence-corrected chi connectivity index (χ2v) is 4.47. The van der Waals surface area contributed by atoms with E-state index in [2.05, 4.69) is 22.6 Å². The van der Waals surface area contributed by atoms with E-state index in [-0.39, 0.29) is 11.9 Å². The highest BCUT2D eigenvalue weighted by atomic mass is 127. The highest BCUT2D eigenvalue weighted by Crippen LogP contribution is 2.09. The lowest BCUT2D eigenvalue weighted by Crippen LogP contribution is -2.10. The van der Waals surface area contributed by atoms with Crippen LogP contribution in [0.5, 0.6) is 0 Å². The fourth-order valence-corrected chi connectivity index (χ4v) is 1.29. The number of rotatable bonds is 8. The number of carbonyl (C=O) groups excluding carboxylic acids is 1. The van der Waals surface area contributed by atoms with E-state index >= 15 is 0 Å². The third-order valence-corrected chi connectivity index (χ3v) is 2.47. The van der Waals surface area contributed by atoms with Gasteiger partial charge in [-0.15, -0.1) is 0 Å². The van der Waals surface area contributed by atoms with Crippen LogP contribution in [-0.2, 0) is 14.3 Å². The van der Waals surface area contributed by atoms with E-state index in [0.717, 1.165) is 10.8 Å². The van der Waals surface area contributed by atoms with E-state index in [0.29, 0.717) is 25.9 Å². The second kappa shape index (κ2) is 8.94. The second-order valence-electron chi connectivity index (χ2n) is 3.39. The summed E-state index contributed by atoms with van der Waals surface area (Å²) in [7, 11) is 0. The lowest BCUT2D eigenvalue weighted by atomic mass is 10.0. The van der Waals surface area contributed by atoms with Crippen LogP contribution in [0.25, 0.3) is 0 Å². The number of hydrogen-bond acceptors (Lipinski definition) is 3. The summed E-state index contributed by atoms with van der Waals surface area (Å²) in [4.78, 5) is 21.5. The molecular formula is C10H17IO4. The Hall–Kier alpha value is -0.330. The zero-order chi connectivity index (χ0) is 11.7. The summed E-state index contributed by atoms with van der Waals surface area (Å²) >= 11 is 2.14. The van der Waals surface area contributed by atoms with Gasteiger partial charge in [0.25, 0.3) is 0 Å². The maximum Gasteiger partial charge on any atom is 0.306 e. The first-order chi connectivity index (χ1) is 7.07. The SMILES string of the molecule is CC(CCCCC(=O)OCCI)C(=O)O. The Kier molecular flexibility index (Phi) is 8.74. The first-order valence-corrected chi connectivity index (χ1v) is 6.55. The summed E-state index contributed by atoms with van der Waals surface area (Å²) in [6.07, 6.45) is 2.47. The van der Waals surface area contributed by atoms with Gasteiger partial charge >= 0.3 is 11.9 Å². The molecule has 0 aromatic rings. The Balaban J connectivity index is 3.38. The fourth-order valence-electron chi connectivity index (χ4n) is 1.07. The fraction of sp³-hybridized carbons (Fsp3) is 0.800. The third-order valence-electron chi connectivity index (χ3n) is 2.03. The number of carboxylic acids is 1. The lowest BCUT2D eigenvalue weighted by Gasteiger charge is -2.05. The van der Waals surface area contributed by atoms with Gasteiger partial charge in [-0.1, -0.05) is 35.9 Å². The van der Waals surface area contributed by atoms with Crippen molar-refractivity contribution in [2.45, 2.75) is 32.6 Å². The maximum atomic E-state index is 11.0. The first kappa shape index (κ1) is 14.7. The molecule has 0 heterocycles. The molecule has 0 bridgehead atoms. The number of carbonyl (C=O) groups is 2. The van der Waals surface area contributed by atoms with Crippen LogP contribution >= 0.6 is 22.6 Å². The van der Waals surface area contributed by atoms with E-state index in [1.165, 1.54) is 0 Å². The summed E-state index contributed by atoms with van der Waals surface area (Å²) in [5, 5.41) is 8.61. The molecule has 0 saturated heterocycles. The van der Waals surface area contributed by atoms with Gasteiger partial charge in [-0.3, -0.25) is 9.59 Å². The van der Waals surface area contributed by atoms with E-state index in [9.17, 15) is 9.59 Å². The van der Waals surface area contributed by atoms with Gasteiger partial charge < -0.3 is 9.84 Å². The first-order valence-electron chi connectivity index (χ1n) is 5.02. The zero-order valence-corrected chi connectivity index (χ0v) is 11.0. The van der Waals surface area contributed by atoms with Crippen molar-refractivity contribution in [3.8, 4) is 0 Å². The number of carboxylic acid groups (broad SMARTS) is 1. The van der Waals surface area contributed by atoms with Gasteiger partial charge in [-0.25, -0.2) is 0 Å². The number of hydrogen-bond donors (Lipinski definition) is 1. The molecular weight excluding hydrogens is 311 g/mol. The Morgan fingerprint density at radius 1 is 1.40 bits per heavy atom. The summed E-state index contributed by atoms with van der Waals surface area (Å²) in [6.45, 7) is 2.14. The molecule has 1 N–H and O–H groups in total. The van der Waals surface area contributed by atoms with Crippen molar-refractivity contribution < 1.29 is 19.4 Å². The molecule has 0 aliphatic heterocycles. The van der Waals surface area contributed by atoms with E-state index < -0.39 is 5.97 Å². The average Bonchev–Trinajstić information content (AvgIpc) is 2.20. The third kappa shape index (κ3) is 8.65. The highest BCUT2D eigenvalue weighted by molar-refractivity contribution is 14.1. The molecule has 0 amide bonds. The van der Waals surface area contributed by atoms with Gasteiger partial charge in [0.2, 0.25) is 0 Å². The quantitative estimate of drug-likeness (QED) is 0.321. The molecule has 1 atom stereocenters. The minimum absolute atomic E-state index is 0.186. The number of halogens is 1. The van der Waals surface area contributed by atoms with Gasteiger partial charge in [0.1, 0.15) is 6.61 Å². The van der Waals surface area contributed by atoms with Crippen molar-refractivity contribution in [1.82, 2.24) is 0 Å². The van der Waals surface area contributed by atoms with Crippen LogP contribution in [0, 0.1) is 5.92 Å². The molecule has 0 saturated carbocycles. The van der Waals surface area contributed by atoms with Crippen molar-refractivity contribution in [2.24, 2.45) is 5.92 Å². The summed E-state index contributed by atoms with van der Waals surface area (Å²) in [5.74, 6) is -1.28. The molecule has 0 spiro atoms. The monoisotopic (exact) mass is 328 g/mol. The van der Waals surface area contributed by atoms with Gasteiger partial charge in [0.15, 0.2) is 0 Å². The van der Waals surface area contributed by atoms with Crippen molar-refractivity contribution in [3.05, 3.63) is 0 Å². The number of esters is 1. The number of ether oxygens (including phenoxy) is 1. The van der Waals surface area contributed by atoms with Crippen molar-refractivity contribution in [3.63, 3.8) is 0 Å². The molecule has 0 radical (unpaired) electrons. The molecule has 15 heavy (non-hydrogen) atoms. The molecule has 1 unspecified atom stereocenters. The Morgan fingerprint density at radius 2 is 2.07 bits per heavy atom. The Morgan fingerprint density at radius 3 is 2.60 bits per heavy atom. The Bertz CT molecular complexity index is 206. The van der Waals surface area contributed by atoms with Crippen LogP contribution in [0.15, 0.2) is 0 Å². The Labute approximate surface area is 104 Å². The maximum absolute atomic E-state index is 11.0. The number of alkyl halides is 1. The van der Waals surface area contributed by atoms with E-state index in [1.807, 2.05) is 0 Å². The van der Waals surface area contributed by atoms with Gasteiger partial charge in [0, 0.05) is 10.8 Å². The normalized spacial score (nSPS) is 12.1. The molecule has 4 nitrogen and oxygen atoms in total. The highest BCUT2D eigenvalue weighted by Gasteiger charge is 2.10. The molecule has 0 aliphatic rings. The van der Waals surface area contributed by atoms with Crippen LogP contribution in [-0.4, -0.2) is 28.1 Å². The summed E-state index contributed by atoms with van der Waals surface area (Å²) in [5.41, 5.74) is 0. The summed E-state index contributed by atoms with van der Waals surface area (Å²) in [6, 6.07) is 0. The van der Waals surface area contributed by atoms with Crippen molar-refractivity contribution in [2.75, 3.05) is 11.0 Å². The van der Waals surface area contributed by atoms with Crippen LogP contribution in [0.1, 0.15) is 32.6 Å². The predicted octanol–water partition coefficient (Wildman–Crippen LogP) is 2.25. The smallest absolute Gasteiger partial charge is 0.306 e. The molecule has 0 aromatic heterocycles. The van der Waals surface area contributed by atoms with Crippen molar-refractivity contribution >= 4 is 34.5 Å². The zero-order valence-electron chi connectivity index (χ0n) is 8.87. The predicted molar refractivity (Wildman–Crippen MR) is 65.1 cm³/mol. The molecule has 0 fully saturated rings. The topological polar surface area (TPSA) is 63.6 Å². The number of aliphatic carboxylic acids is 1. The van der Waals surface area contributed by atoms with Crippen LogP contribution in [0.3, 0.4) is 0 Å². The molecule has 0 aromatic carbocycles. The van der Waals surface area contributed by atoms with Crippen LogP contribution < -0.4 is 0 Å². The van der Waals surface area contributed by atoms with Gasteiger partial charge in [-0.05, 0) is 12.8 Å². The number of unbranched alkanes of at least 4 members (excludes halogenated alkanes) is 1. The van der Waals surface area contributed by atoms with E-state index in [4.69, 9.17) is 9.84 Å². The van der Waals surface area contributed by atoms with Crippen LogP contribution in [0.4, 0.5) is 0 Å². The summed E-state index contributed by atoms with van der Waals surface area (Å²) < 4.78 is 5.69. The van der Waals surface area contributed by atoms with Crippen molar-refractivity contribution in [1.29, 1.82) is 0 Å². The van der Waals surface area contributed by atoms with Gasteiger partial charge in [-0.2, -0.15) is 0 Å².